The molecular formula is C15H17BrS. The maximum Gasteiger partial charge on any atom is 0.0743 e. The van der Waals surface area contributed by atoms with Crippen LogP contribution in [0, 0.1) is 13.8 Å². The Hall–Kier alpha value is -0.600. The van der Waals surface area contributed by atoms with Gasteiger partial charge in [-0.2, -0.15) is 0 Å². The van der Waals surface area contributed by atoms with Gasteiger partial charge in [-0.05, 0) is 48.4 Å². The molecule has 1 atom stereocenters. The van der Waals surface area contributed by atoms with Crippen LogP contribution in [0.4, 0.5) is 0 Å². The molecule has 0 aliphatic rings. The van der Waals surface area contributed by atoms with Crippen LogP contribution in [0.1, 0.15) is 38.9 Å². The van der Waals surface area contributed by atoms with Gasteiger partial charge in [0.15, 0.2) is 0 Å². The first kappa shape index (κ1) is 12.8. The molecule has 1 aromatic carbocycles. The Bertz CT molecular complexity index is 513. The first-order valence-electron chi connectivity index (χ1n) is 5.91. The van der Waals surface area contributed by atoms with E-state index in [-0.39, 0.29) is 0 Å². The van der Waals surface area contributed by atoms with E-state index in [2.05, 4.69) is 66.3 Å². The van der Waals surface area contributed by atoms with Crippen LogP contribution < -0.4 is 0 Å². The number of benzene rings is 1. The van der Waals surface area contributed by atoms with Crippen molar-refractivity contribution in [2.75, 3.05) is 0 Å². The zero-order valence-electron chi connectivity index (χ0n) is 10.5. The number of aryl methyl sites for hydroxylation is 3. The van der Waals surface area contributed by atoms with Crippen LogP contribution in [0.5, 0.6) is 0 Å². The van der Waals surface area contributed by atoms with Crippen LogP contribution in [-0.2, 0) is 6.42 Å². The average Bonchev–Trinajstić information content (AvgIpc) is 2.79. The van der Waals surface area contributed by atoms with Crippen molar-refractivity contribution in [1.29, 1.82) is 0 Å². The Labute approximate surface area is 116 Å². The Morgan fingerprint density at radius 3 is 2.71 bits per heavy atom. The van der Waals surface area contributed by atoms with Gasteiger partial charge in [0.05, 0.1) is 4.83 Å². The van der Waals surface area contributed by atoms with Gasteiger partial charge in [-0.25, -0.2) is 0 Å². The molecule has 1 heterocycles. The number of hydrogen-bond donors (Lipinski definition) is 0. The molecule has 0 aliphatic carbocycles. The summed E-state index contributed by atoms with van der Waals surface area (Å²) in [7, 11) is 0. The van der Waals surface area contributed by atoms with E-state index in [0.717, 1.165) is 6.42 Å². The Morgan fingerprint density at radius 1 is 1.24 bits per heavy atom. The molecule has 0 aliphatic heterocycles. The minimum atomic E-state index is 0.331. The SMILES string of the molecule is CCc1ccsc1C(Br)c1cc(C)ccc1C. The summed E-state index contributed by atoms with van der Waals surface area (Å²) in [6, 6.07) is 8.90. The fourth-order valence-corrected chi connectivity index (χ4v) is 4.14. The van der Waals surface area contributed by atoms with Gasteiger partial charge >= 0.3 is 0 Å². The highest BCUT2D eigenvalue weighted by molar-refractivity contribution is 9.09. The van der Waals surface area contributed by atoms with Crippen molar-refractivity contribution in [3.05, 3.63) is 56.8 Å². The minimum Gasteiger partial charge on any atom is -0.147 e. The molecule has 1 unspecified atom stereocenters. The second kappa shape index (κ2) is 5.36. The summed E-state index contributed by atoms with van der Waals surface area (Å²) in [6.07, 6.45) is 1.10. The fourth-order valence-electron chi connectivity index (χ4n) is 2.04. The van der Waals surface area contributed by atoms with Crippen molar-refractivity contribution in [2.24, 2.45) is 0 Å². The van der Waals surface area contributed by atoms with Gasteiger partial charge in [0.25, 0.3) is 0 Å². The van der Waals surface area contributed by atoms with Crippen molar-refractivity contribution in [1.82, 2.24) is 0 Å². The second-order valence-electron chi connectivity index (χ2n) is 4.39. The van der Waals surface area contributed by atoms with Crippen LogP contribution in [0.15, 0.2) is 29.6 Å². The van der Waals surface area contributed by atoms with Crippen molar-refractivity contribution in [2.45, 2.75) is 32.0 Å². The van der Waals surface area contributed by atoms with Crippen molar-refractivity contribution >= 4 is 27.3 Å². The molecule has 2 aromatic rings. The van der Waals surface area contributed by atoms with Gasteiger partial charge < -0.3 is 0 Å². The lowest BCUT2D eigenvalue weighted by molar-refractivity contribution is 1.08. The normalized spacial score (nSPS) is 12.7. The number of hydrogen-bond acceptors (Lipinski definition) is 1. The standard InChI is InChI=1S/C15H17BrS/c1-4-12-7-8-17-15(12)14(16)13-9-10(2)5-6-11(13)3/h5-9,14H,4H2,1-3H3. The van der Waals surface area contributed by atoms with E-state index >= 15 is 0 Å². The van der Waals surface area contributed by atoms with Crippen LogP contribution in [-0.4, -0.2) is 0 Å². The minimum absolute atomic E-state index is 0.331. The van der Waals surface area contributed by atoms with E-state index in [1.54, 1.807) is 0 Å². The predicted molar refractivity (Wildman–Crippen MR) is 80.4 cm³/mol. The Balaban J connectivity index is 2.43. The van der Waals surface area contributed by atoms with Gasteiger partial charge in [0.2, 0.25) is 0 Å². The third-order valence-corrected chi connectivity index (χ3v) is 5.38. The zero-order chi connectivity index (χ0) is 12.4. The number of alkyl halides is 1. The van der Waals surface area contributed by atoms with E-state index in [1.165, 1.54) is 27.1 Å². The fraction of sp³-hybridized carbons (Fsp3) is 0.333. The molecule has 2 heteroatoms. The predicted octanol–water partition coefficient (Wildman–Crippen LogP) is 5.41. The Morgan fingerprint density at radius 2 is 2.00 bits per heavy atom. The second-order valence-corrected chi connectivity index (χ2v) is 6.25. The van der Waals surface area contributed by atoms with Crippen molar-refractivity contribution < 1.29 is 0 Å². The summed E-state index contributed by atoms with van der Waals surface area (Å²) in [5.74, 6) is 0. The molecule has 0 spiro atoms. The van der Waals surface area contributed by atoms with Gasteiger partial charge in [0, 0.05) is 4.88 Å². The maximum absolute atomic E-state index is 3.86. The lowest BCUT2D eigenvalue weighted by Gasteiger charge is -2.14. The van der Waals surface area contributed by atoms with Crippen molar-refractivity contribution in [3.8, 4) is 0 Å². The molecular weight excluding hydrogens is 292 g/mol. The van der Waals surface area contributed by atoms with Crippen LogP contribution in [0.3, 0.4) is 0 Å². The van der Waals surface area contributed by atoms with Gasteiger partial charge in [0.1, 0.15) is 0 Å². The monoisotopic (exact) mass is 308 g/mol. The van der Waals surface area contributed by atoms with E-state index in [9.17, 15) is 0 Å². The third kappa shape index (κ3) is 2.63. The highest BCUT2D eigenvalue weighted by Gasteiger charge is 2.17. The van der Waals surface area contributed by atoms with E-state index in [1.807, 2.05) is 11.3 Å². The molecule has 0 fully saturated rings. The molecule has 0 N–H and O–H groups in total. The molecule has 0 bridgehead atoms. The maximum atomic E-state index is 3.86. The summed E-state index contributed by atoms with van der Waals surface area (Å²) < 4.78 is 0. The van der Waals surface area contributed by atoms with Crippen LogP contribution in [0.2, 0.25) is 0 Å². The highest BCUT2D eigenvalue weighted by Crippen LogP contribution is 2.38. The largest absolute Gasteiger partial charge is 0.147 e. The summed E-state index contributed by atoms with van der Waals surface area (Å²) >= 11 is 5.71. The van der Waals surface area contributed by atoms with Gasteiger partial charge in [-0.15, -0.1) is 11.3 Å². The Kier molecular flexibility index (Phi) is 4.05. The van der Waals surface area contributed by atoms with Crippen LogP contribution >= 0.6 is 27.3 Å². The van der Waals surface area contributed by atoms with E-state index in [0.29, 0.717) is 4.83 Å². The van der Waals surface area contributed by atoms with Gasteiger partial charge in [-0.1, -0.05) is 46.6 Å². The number of thiophene rings is 1. The lowest BCUT2D eigenvalue weighted by atomic mass is 10.0. The summed E-state index contributed by atoms with van der Waals surface area (Å²) in [5.41, 5.74) is 5.53. The average molecular weight is 309 g/mol. The molecule has 0 nitrogen and oxygen atoms in total. The van der Waals surface area contributed by atoms with Crippen LogP contribution in [0.25, 0.3) is 0 Å². The molecule has 90 valence electrons. The first-order chi connectivity index (χ1) is 8.13. The highest BCUT2D eigenvalue weighted by atomic mass is 79.9. The van der Waals surface area contributed by atoms with Crippen molar-refractivity contribution in [3.63, 3.8) is 0 Å². The lowest BCUT2D eigenvalue weighted by Crippen LogP contribution is -1.97. The zero-order valence-corrected chi connectivity index (χ0v) is 12.9. The summed E-state index contributed by atoms with van der Waals surface area (Å²) in [5, 5.41) is 2.19. The smallest absolute Gasteiger partial charge is 0.0743 e. The molecule has 17 heavy (non-hydrogen) atoms. The quantitative estimate of drug-likeness (QED) is 0.665. The summed E-state index contributed by atoms with van der Waals surface area (Å²) in [4.78, 5) is 1.78. The molecule has 0 saturated carbocycles. The molecule has 0 saturated heterocycles. The topological polar surface area (TPSA) is 0 Å². The third-order valence-electron chi connectivity index (χ3n) is 3.10. The number of rotatable bonds is 3. The number of halogens is 1. The molecule has 2 rings (SSSR count). The molecule has 1 aromatic heterocycles. The van der Waals surface area contributed by atoms with E-state index in [4.69, 9.17) is 0 Å². The van der Waals surface area contributed by atoms with E-state index < -0.39 is 0 Å². The summed E-state index contributed by atoms with van der Waals surface area (Å²) in [6.45, 7) is 6.55. The van der Waals surface area contributed by atoms with Gasteiger partial charge in [-0.3, -0.25) is 0 Å². The first-order valence-corrected chi connectivity index (χ1v) is 7.70. The molecule has 0 amide bonds. The molecule has 0 radical (unpaired) electrons.